The lowest BCUT2D eigenvalue weighted by atomic mass is 10.2. The molecule has 1 aromatic heterocycles. The van der Waals surface area contributed by atoms with Crippen molar-refractivity contribution in [3.05, 3.63) is 11.1 Å². The van der Waals surface area contributed by atoms with Crippen molar-refractivity contribution in [2.24, 2.45) is 0 Å². The van der Waals surface area contributed by atoms with Gasteiger partial charge in [-0.15, -0.1) is 11.3 Å². The summed E-state index contributed by atoms with van der Waals surface area (Å²) >= 11 is 1.46. The van der Waals surface area contributed by atoms with E-state index in [0.717, 1.165) is 10.0 Å². The number of carbonyl (C=O) groups is 1. The van der Waals surface area contributed by atoms with E-state index < -0.39 is 5.60 Å². The molecule has 84 valence electrons. The maximum atomic E-state index is 11.5. The number of esters is 1. The highest BCUT2D eigenvalue weighted by atomic mass is 32.1. The van der Waals surface area contributed by atoms with Gasteiger partial charge in [0.15, 0.2) is 5.13 Å². The molecule has 0 aliphatic carbocycles. The minimum absolute atomic E-state index is 0.214. The van der Waals surface area contributed by atoms with Gasteiger partial charge in [-0.3, -0.25) is 4.79 Å². The summed E-state index contributed by atoms with van der Waals surface area (Å²) in [5.41, 5.74) is -0.423. The Bertz CT molecular complexity index is 341. The van der Waals surface area contributed by atoms with Crippen LogP contribution in [0.4, 0.5) is 5.13 Å². The number of aromatic nitrogens is 1. The second kappa shape index (κ2) is 4.61. The van der Waals surface area contributed by atoms with Crippen LogP contribution in [0.3, 0.4) is 0 Å². The number of thiazole rings is 1. The van der Waals surface area contributed by atoms with Crippen LogP contribution in [0.25, 0.3) is 0 Å². The summed E-state index contributed by atoms with van der Waals surface area (Å²) in [6, 6.07) is 0. The van der Waals surface area contributed by atoms with Crippen LogP contribution in [0, 0.1) is 0 Å². The second-order valence-corrected chi connectivity index (χ2v) is 5.26. The number of nitrogens with zero attached hydrogens (tertiary/aromatic N) is 1. The molecular weight excluding hydrogens is 212 g/mol. The molecular formula is C10H16N2O2S. The molecule has 0 atom stereocenters. The van der Waals surface area contributed by atoms with E-state index in [1.165, 1.54) is 11.3 Å². The molecule has 1 rings (SSSR count). The third-order valence-electron chi connectivity index (χ3n) is 1.51. The summed E-state index contributed by atoms with van der Waals surface area (Å²) in [4.78, 5) is 16.5. The highest BCUT2D eigenvalue weighted by Crippen LogP contribution is 2.19. The number of hydrogen-bond acceptors (Lipinski definition) is 5. The van der Waals surface area contributed by atoms with Gasteiger partial charge in [0.2, 0.25) is 0 Å². The zero-order chi connectivity index (χ0) is 11.5. The van der Waals surface area contributed by atoms with Gasteiger partial charge in [-0.1, -0.05) is 0 Å². The van der Waals surface area contributed by atoms with Crippen LogP contribution >= 0.6 is 11.3 Å². The normalized spacial score (nSPS) is 11.2. The fourth-order valence-electron chi connectivity index (χ4n) is 1.02. The van der Waals surface area contributed by atoms with Crippen molar-refractivity contribution in [3.8, 4) is 0 Å². The number of nitrogens with one attached hydrogen (secondary N) is 1. The van der Waals surface area contributed by atoms with E-state index in [4.69, 9.17) is 4.74 Å². The number of hydrogen-bond donors (Lipinski definition) is 1. The summed E-state index contributed by atoms with van der Waals surface area (Å²) < 4.78 is 5.20. The average molecular weight is 228 g/mol. The number of carbonyl (C=O) groups excluding carboxylic acids is 1. The minimum atomic E-state index is -0.423. The SMILES string of the molecule is CNc1ncc(CC(=O)OC(C)(C)C)s1. The number of anilines is 1. The Labute approximate surface area is 93.7 Å². The molecule has 0 fully saturated rings. The molecule has 0 saturated heterocycles. The van der Waals surface area contributed by atoms with E-state index in [9.17, 15) is 4.79 Å². The Morgan fingerprint density at radius 3 is 2.73 bits per heavy atom. The predicted octanol–water partition coefficient (Wildman–Crippen LogP) is 2.07. The molecule has 1 aromatic rings. The molecule has 0 aliphatic heterocycles. The summed E-state index contributed by atoms with van der Waals surface area (Å²) in [7, 11) is 1.80. The molecule has 1 heterocycles. The third-order valence-corrected chi connectivity index (χ3v) is 2.52. The smallest absolute Gasteiger partial charge is 0.311 e. The molecule has 0 aromatic carbocycles. The van der Waals surface area contributed by atoms with Gasteiger partial charge in [0.05, 0.1) is 6.42 Å². The summed E-state index contributed by atoms with van der Waals surface area (Å²) in [5, 5.41) is 3.74. The molecule has 0 spiro atoms. The van der Waals surface area contributed by atoms with Crippen LogP contribution in [-0.4, -0.2) is 23.6 Å². The lowest BCUT2D eigenvalue weighted by Gasteiger charge is -2.18. The predicted molar refractivity (Wildman–Crippen MR) is 61.2 cm³/mol. The monoisotopic (exact) mass is 228 g/mol. The lowest BCUT2D eigenvalue weighted by Crippen LogP contribution is -2.24. The molecule has 1 N–H and O–H groups in total. The molecule has 0 bridgehead atoms. The Morgan fingerprint density at radius 1 is 1.60 bits per heavy atom. The number of ether oxygens (including phenoxy) is 1. The van der Waals surface area contributed by atoms with Crippen LogP contribution in [0.2, 0.25) is 0 Å². The van der Waals surface area contributed by atoms with Crippen LogP contribution in [0.15, 0.2) is 6.20 Å². The Balaban J connectivity index is 2.51. The van der Waals surface area contributed by atoms with Gasteiger partial charge in [-0.05, 0) is 20.8 Å². The molecule has 5 heteroatoms. The number of rotatable bonds is 3. The van der Waals surface area contributed by atoms with Gasteiger partial charge in [0, 0.05) is 18.1 Å². The van der Waals surface area contributed by atoms with Gasteiger partial charge >= 0.3 is 5.97 Å². The third kappa shape index (κ3) is 4.29. The van der Waals surface area contributed by atoms with Crippen LogP contribution < -0.4 is 5.32 Å². The van der Waals surface area contributed by atoms with Crippen molar-refractivity contribution in [2.75, 3.05) is 12.4 Å². The first kappa shape index (κ1) is 12.0. The van der Waals surface area contributed by atoms with Gasteiger partial charge in [-0.2, -0.15) is 0 Å². The van der Waals surface area contributed by atoms with Gasteiger partial charge < -0.3 is 10.1 Å². The molecule has 0 aliphatic rings. The van der Waals surface area contributed by atoms with Crippen LogP contribution in [0.5, 0.6) is 0 Å². The lowest BCUT2D eigenvalue weighted by molar-refractivity contribution is -0.153. The molecule has 0 radical (unpaired) electrons. The maximum absolute atomic E-state index is 11.5. The Kier molecular flexibility index (Phi) is 3.68. The van der Waals surface area contributed by atoms with Gasteiger partial charge in [-0.25, -0.2) is 4.98 Å². The van der Waals surface area contributed by atoms with Crippen molar-refractivity contribution in [1.82, 2.24) is 4.98 Å². The van der Waals surface area contributed by atoms with E-state index in [-0.39, 0.29) is 12.4 Å². The van der Waals surface area contributed by atoms with E-state index in [1.807, 2.05) is 20.8 Å². The van der Waals surface area contributed by atoms with Crippen molar-refractivity contribution >= 4 is 22.4 Å². The molecule has 4 nitrogen and oxygen atoms in total. The molecule has 0 unspecified atom stereocenters. The Morgan fingerprint density at radius 2 is 2.27 bits per heavy atom. The zero-order valence-corrected chi connectivity index (χ0v) is 10.3. The highest BCUT2D eigenvalue weighted by Gasteiger charge is 2.17. The minimum Gasteiger partial charge on any atom is -0.460 e. The van der Waals surface area contributed by atoms with Gasteiger partial charge in [0.25, 0.3) is 0 Å². The fourth-order valence-corrected chi connectivity index (χ4v) is 1.78. The molecule has 0 amide bonds. The largest absolute Gasteiger partial charge is 0.460 e. The summed E-state index contributed by atoms with van der Waals surface area (Å²) in [6.45, 7) is 5.57. The van der Waals surface area contributed by atoms with Crippen molar-refractivity contribution in [1.29, 1.82) is 0 Å². The fraction of sp³-hybridized carbons (Fsp3) is 0.600. The summed E-state index contributed by atoms with van der Waals surface area (Å²) in [5.74, 6) is -0.214. The molecule has 0 saturated carbocycles. The van der Waals surface area contributed by atoms with E-state index in [2.05, 4.69) is 10.3 Å². The zero-order valence-electron chi connectivity index (χ0n) is 9.46. The van der Waals surface area contributed by atoms with E-state index in [1.54, 1.807) is 13.2 Å². The Hall–Kier alpha value is -1.10. The van der Waals surface area contributed by atoms with Crippen LogP contribution in [-0.2, 0) is 16.0 Å². The van der Waals surface area contributed by atoms with Crippen molar-refractivity contribution in [3.63, 3.8) is 0 Å². The topological polar surface area (TPSA) is 51.2 Å². The van der Waals surface area contributed by atoms with Crippen molar-refractivity contribution < 1.29 is 9.53 Å². The quantitative estimate of drug-likeness (QED) is 0.805. The highest BCUT2D eigenvalue weighted by molar-refractivity contribution is 7.15. The summed E-state index contributed by atoms with van der Waals surface area (Å²) in [6.07, 6.45) is 1.98. The first-order chi connectivity index (χ1) is 6.90. The first-order valence-electron chi connectivity index (χ1n) is 4.75. The molecule has 15 heavy (non-hydrogen) atoms. The first-order valence-corrected chi connectivity index (χ1v) is 5.56. The van der Waals surface area contributed by atoms with Crippen molar-refractivity contribution in [2.45, 2.75) is 32.8 Å². The second-order valence-electron chi connectivity index (χ2n) is 4.14. The maximum Gasteiger partial charge on any atom is 0.311 e. The average Bonchev–Trinajstić information content (AvgIpc) is 2.48. The standard InChI is InChI=1S/C10H16N2O2S/c1-10(2,3)14-8(13)5-7-6-12-9(11-4)15-7/h6H,5H2,1-4H3,(H,11,12). The van der Waals surface area contributed by atoms with Crippen LogP contribution in [0.1, 0.15) is 25.6 Å². The van der Waals surface area contributed by atoms with Gasteiger partial charge in [0.1, 0.15) is 5.60 Å². The van der Waals surface area contributed by atoms with E-state index >= 15 is 0 Å². The van der Waals surface area contributed by atoms with E-state index in [0.29, 0.717) is 0 Å².